The number of hydrogen-bond acceptors (Lipinski definition) is 7. The van der Waals surface area contributed by atoms with Crippen molar-refractivity contribution in [2.75, 3.05) is 27.6 Å². The molecule has 0 N–H and O–H groups in total. The molecule has 8 heteroatoms. The van der Waals surface area contributed by atoms with Crippen LogP contribution in [0.25, 0.3) is 0 Å². The van der Waals surface area contributed by atoms with Crippen LogP contribution in [0.1, 0.15) is 13.3 Å². The van der Waals surface area contributed by atoms with Gasteiger partial charge in [-0.3, -0.25) is 0 Å². The van der Waals surface area contributed by atoms with Gasteiger partial charge in [-0.2, -0.15) is 0 Å². The Kier molecular flexibility index (Phi) is 10.4. The molecule has 0 amide bonds. The van der Waals surface area contributed by atoms with Crippen molar-refractivity contribution in [3.63, 3.8) is 0 Å². The summed E-state index contributed by atoms with van der Waals surface area (Å²) in [5.74, 6) is -0.995. The number of esters is 2. The van der Waals surface area contributed by atoms with Gasteiger partial charge in [-0.25, -0.2) is 9.59 Å². The third-order valence-electron chi connectivity index (χ3n) is 2.44. The fraction of sp³-hybridized carbons (Fsp3) is 0.538. The second-order valence-electron chi connectivity index (χ2n) is 3.79. The maximum absolute atomic E-state index is 11.2. The summed E-state index contributed by atoms with van der Waals surface area (Å²) in [7, 11) is -0.0187. The fourth-order valence-corrected chi connectivity index (χ4v) is 3.13. The molecular weight excluding hydrogens is 296 g/mol. The maximum Gasteiger partial charge on any atom is 0.503 e. The maximum atomic E-state index is 11.2. The fourth-order valence-electron chi connectivity index (χ4n) is 1.36. The molecule has 0 aromatic rings. The summed E-state index contributed by atoms with van der Waals surface area (Å²) in [6.07, 6.45) is 4.43. The minimum Gasteiger partial charge on any atom is -0.463 e. The predicted molar refractivity (Wildman–Crippen MR) is 77.2 cm³/mol. The lowest BCUT2D eigenvalue weighted by Crippen LogP contribution is -2.44. The highest BCUT2D eigenvalue weighted by atomic mass is 28.4. The van der Waals surface area contributed by atoms with Crippen molar-refractivity contribution < 1.29 is 32.3 Å². The van der Waals surface area contributed by atoms with Crippen molar-refractivity contribution in [3.8, 4) is 0 Å². The van der Waals surface area contributed by atoms with Gasteiger partial charge in [-0.1, -0.05) is 12.7 Å². The Labute approximate surface area is 125 Å². The van der Waals surface area contributed by atoms with E-state index in [1.165, 1.54) is 20.3 Å². The van der Waals surface area contributed by atoms with Crippen LogP contribution < -0.4 is 0 Å². The number of hydrogen-bond donors (Lipinski definition) is 0. The van der Waals surface area contributed by atoms with Gasteiger partial charge in [0.05, 0.1) is 6.61 Å². The second kappa shape index (κ2) is 11.2. The van der Waals surface area contributed by atoms with E-state index in [-0.39, 0.29) is 13.4 Å². The molecule has 120 valence electrons. The van der Waals surface area contributed by atoms with Gasteiger partial charge >= 0.3 is 20.7 Å². The predicted octanol–water partition coefficient (Wildman–Crippen LogP) is 1.43. The van der Waals surface area contributed by atoms with E-state index in [4.69, 9.17) is 22.8 Å². The first-order valence-electron chi connectivity index (χ1n) is 6.36. The first-order valence-corrected chi connectivity index (χ1v) is 8.29. The number of ether oxygens (including phenoxy) is 2. The summed E-state index contributed by atoms with van der Waals surface area (Å²) in [5.41, 5.74) is 0. The van der Waals surface area contributed by atoms with E-state index in [1.807, 2.05) is 0 Å². The third-order valence-corrected chi connectivity index (χ3v) is 5.21. The molecule has 0 fully saturated rings. The molecule has 0 heterocycles. The van der Waals surface area contributed by atoms with Crippen molar-refractivity contribution in [3.05, 3.63) is 24.8 Å². The normalized spacial score (nSPS) is 11.4. The summed E-state index contributed by atoms with van der Waals surface area (Å²) in [4.78, 5) is 22.0. The minimum atomic E-state index is -2.93. The minimum absolute atomic E-state index is 0.202. The van der Waals surface area contributed by atoms with Crippen LogP contribution in [0.4, 0.5) is 0 Å². The molecule has 0 saturated heterocycles. The first kappa shape index (κ1) is 19.5. The van der Waals surface area contributed by atoms with Gasteiger partial charge in [-0.05, 0) is 13.3 Å². The smallest absolute Gasteiger partial charge is 0.463 e. The lowest BCUT2D eigenvalue weighted by molar-refractivity contribution is -0.147. The zero-order valence-corrected chi connectivity index (χ0v) is 13.6. The lowest BCUT2D eigenvalue weighted by atomic mass is 10.5. The molecular formula is C13H22O7Si. The van der Waals surface area contributed by atoms with E-state index in [0.717, 1.165) is 6.08 Å². The third kappa shape index (κ3) is 8.40. The standard InChI is InChI=1S/C13H22O7Si/c1-5-8-13(15)19-11-20-21(16-3,17-4)10-7-9-18-12(14)6-2/h5-6,8H,2,7,9-11H2,1,3-4H3. The molecule has 7 nitrogen and oxygen atoms in total. The molecule has 0 bridgehead atoms. The summed E-state index contributed by atoms with van der Waals surface area (Å²) >= 11 is 0. The zero-order valence-electron chi connectivity index (χ0n) is 12.6. The number of carbonyl (C=O) groups is 2. The highest BCUT2D eigenvalue weighted by Gasteiger charge is 2.39. The van der Waals surface area contributed by atoms with Crippen molar-refractivity contribution >= 4 is 20.7 Å². The van der Waals surface area contributed by atoms with Gasteiger partial charge in [0, 0.05) is 32.4 Å². The SMILES string of the molecule is C=CC(=O)OCCC[Si](OC)(OC)OCOC(=O)C=CC. The Morgan fingerprint density at radius 1 is 1.14 bits per heavy atom. The highest BCUT2D eigenvalue weighted by Crippen LogP contribution is 2.16. The van der Waals surface area contributed by atoms with Gasteiger partial charge < -0.3 is 22.8 Å². The van der Waals surface area contributed by atoms with Crippen LogP contribution in [0.5, 0.6) is 0 Å². The molecule has 0 rings (SSSR count). The van der Waals surface area contributed by atoms with E-state index in [2.05, 4.69) is 6.58 Å². The van der Waals surface area contributed by atoms with E-state index in [0.29, 0.717) is 12.5 Å². The molecule has 0 aromatic carbocycles. The van der Waals surface area contributed by atoms with Crippen LogP contribution >= 0.6 is 0 Å². The van der Waals surface area contributed by atoms with E-state index < -0.39 is 20.7 Å². The van der Waals surface area contributed by atoms with Crippen LogP contribution in [0.3, 0.4) is 0 Å². The Bertz CT molecular complexity index is 364. The summed E-state index contributed by atoms with van der Waals surface area (Å²) in [5, 5.41) is 0. The molecule has 0 spiro atoms. The van der Waals surface area contributed by atoms with Gasteiger partial charge in [0.1, 0.15) is 0 Å². The lowest BCUT2D eigenvalue weighted by Gasteiger charge is -2.25. The average molecular weight is 318 g/mol. The van der Waals surface area contributed by atoms with E-state index in [9.17, 15) is 9.59 Å². The molecule has 0 aliphatic heterocycles. The van der Waals surface area contributed by atoms with Crippen LogP contribution in [0, 0.1) is 0 Å². The Morgan fingerprint density at radius 2 is 1.81 bits per heavy atom. The number of allylic oxidation sites excluding steroid dienone is 1. The van der Waals surface area contributed by atoms with Crippen LogP contribution in [-0.2, 0) is 32.3 Å². The Hall–Kier alpha value is -1.48. The quantitative estimate of drug-likeness (QED) is 0.187. The van der Waals surface area contributed by atoms with Crippen LogP contribution in [0.2, 0.25) is 6.04 Å². The molecule has 0 aliphatic rings. The monoisotopic (exact) mass is 318 g/mol. The molecule has 0 atom stereocenters. The second-order valence-corrected chi connectivity index (χ2v) is 6.76. The van der Waals surface area contributed by atoms with Crippen LogP contribution in [0.15, 0.2) is 24.8 Å². The molecule has 0 aromatic heterocycles. The van der Waals surface area contributed by atoms with Crippen molar-refractivity contribution in [2.45, 2.75) is 19.4 Å². The van der Waals surface area contributed by atoms with E-state index >= 15 is 0 Å². The van der Waals surface area contributed by atoms with Gasteiger partial charge in [0.25, 0.3) is 0 Å². The molecule has 0 radical (unpaired) electrons. The Morgan fingerprint density at radius 3 is 2.33 bits per heavy atom. The van der Waals surface area contributed by atoms with Gasteiger partial charge in [-0.15, -0.1) is 0 Å². The summed E-state index contributed by atoms with van der Waals surface area (Å²) in [6, 6.07) is 0.422. The average Bonchev–Trinajstić information content (AvgIpc) is 2.49. The summed E-state index contributed by atoms with van der Waals surface area (Å²) in [6.45, 7) is 4.95. The van der Waals surface area contributed by atoms with Gasteiger partial charge in [0.15, 0.2) is 6.79 Å². The highest BCUT2D eigenvalue weighted by molar-refractivity contribution is 6.60. The largest absolute Gasteiger partial charge is 0.503 e. The molecule has 0 saturated carbocycles. The van der Waals surface area contributed by atoms with Crippen molar-refractivity contribution in [2.24, 2.45) is 0 Å². The van der Waals surface area contributed by atoms with Crippen molar-refractivity contribution in [1.29, 1.82) is 0 Å². The first-order chi connectivity index (χ1) is 10.0. The van der Waals surface area contributed by atoms with Crippen LogP contribution in [-0.4, -0.2) is 48.4 Å². The van der Waals surface area contributed by atoms with Crippen molar-refractivity contribution in [1.82, 2.24) is 0 Å². The summed E-state index contributed by atoms with van der Waals surface area (Å²) < 4.78 is 25.7. The van der Waals surface area contributed by atoms with E-state index in [1.54, 1.807) is 13.0 Å². The molecule has 0 unspecified atom stereocenters. The zero-order chi connectivity index (χ0) is 16.1. The molecule has 0 aliphatic carbocycles. The Balaban J connectivity index is 4.19. The molecule has 21 heavy (non-hydrogen) atoms. The topological polar surface area (TPSA) is 80.3 Å². The number of carbonyl (C=O) groups excluding carboxylic acids is 2. The number of rotatable bonds is 11. The van der Waals surface area contributed by atoms with Gasteiger partial charge in [0.2, 0.25) is 0 Å².